The Morgan fingerprint density at radius 3 is 2.59 bits per heavy atom. The number of ether oxygens (including phenoxy) is 2. The van der Waals surface area contributed by atoms with Crippen molar-refractivity contribution in [1.29, 1.82) is 0 Å². The highest BCUT2D eigenvalue weighted by Gasteiger charge is 2.10. The lowest BCUT2D eigenvalue weighted by Gasteiger charge is -2.14. The number of hydrogen-bond acceptors (Lipinski definition) is 4. The third-order valence-corrected chi connectivity index (χ3v) is 4.76. The Morgan fingerprint density at radius 2 is 1.93 bits per heavy atom. The summed E-state index contributed by atoms with van der Waals surface area (Å²) in [6.45, 7) is 14.0. The van der Waals surface area contributed by atoms with Crippen LogP contribution in [0.2, 0.25) is 0 Å². The molecule has 160 valence electrons. The molecule has 0 spiro atoms. The minimum atomic E-state index is 0.532. The van der Waals surface area contributed by atoms with Crippen LogP contribution in [0.4, 0.5) is 0 Å². The highest BCUT2D eigenvalue weighted by Crippen LogP contribution is 2.21. The van der Waals surface area contributed by atoms with Crippen LogP contribution in [0.15, 0.2) is 23.2 Å². The van der Waals surface area contributed by atoms with Crippen LogP contribution in [0.5, 0.6) is 5.75 Å². The molecule has 0 fully saturated rings. The molecule has 2 N–H and O–H groups in total. The van der Waals surface area contributed by atoms with Crippen LogP contribution < -0.4 is 15.4 Å². The van der Waals surface area contributed by atoms with Crippen molar-refractivity contribution in [2.75, 3.05) is 26.4 Å². The van der Waals surface area contributed by atoms with Gasteiger partial charge in [0.1, 0.15) is 12.4 Å². The summed E-state index contributed by atoms with van der Waals surface area (Å²) in [5, 5.41) is 11.2. The smallest absolute Gasteiger partial charge is 0.191 e. The second kappa shape index (κ2) is 11.5. The molecule has 29 heavy (non-hydrogen) atoms. The van der Waals surface area contributed by atoms with E-state index in [1.165, 1.54) is 5.56 Å². The van der Waals surface area contributed by atoms with E-state index in [1.807, 2.05) is 25.6 Å². The summed E-state index contributed by atoms with van der Waals surface area (Å²) in [6, 6.07) is 6.22. The average molecular weight is 402 g/mol. The SMILES string of the molecule is CCNC(=NCc1ccc(C)cc1OCCOCC)NCc1c(C)nn(C)c1C. The molecule has 7 nitrogen and oxygen atoms in total. The second-order valence-corrected chi connectivity index (χ2v) is 6.98. The van der Waals surface area contributed by atoms with E-state index in [0.29, 0.717) is 32.9 Å². The maximum atomic E-state index is 5.93. The number of benzene rings is 1. The molecular weight excluding hydrogens is 366 g/mol. The number of rotatable bonds is 10. The highest BCUT2D eigenvalue weighted by atomic mass is 16.5. The lowest BCUT2D eigenvalue weighted by atomic mass is 10.1. The Kier molecular flexibility index (Phi) is 8.99. The van der Waals surface area contributed by atoms with Crippen LogP contribution in [0.1, 0.15) is 41.9 Å². The van der Waals surface area contributed by atoms with Gasteiger partial charge in [-0.15, -0.1) is 0 Å². The van der Waals surface area contributed by atoms with Gasteiger partial charge in [0, 0.05) is 43.6 Å². The first-order valence-electron chi connectivity index (χ1n) is 10.3. The van der Waals surface area contributed by atoms with Gasteiger partial charge in [-0.2, -0.15) is 5.10 Å². The number of aromatic nitrogens is 2. The van der Waals surface area contributed by atoms with Crippen molar-refractivity contribution in [2.45, 2.75) is 47.7 Å². The summed E-state index contributed by atoms with van der Waals surface area (Å²) >= 11 is 0. The molecule has 0 bridgehead atoms. The Labute approximate surface area is 174 Å². The molecule has 7 heteroatoms. The molecule has 0 aliphatic heterocycles. The van der Waals surface area contributed by atoms with Gasteiger partial charge in [0.25, 0.3) is 0 Å². The molecule has 0 amide bonds. The van der Waals surface area contributed by atoms with Crippen molar-refractivity contribution in [3.63, 3.8) is 0 Å². The molecular formula is C22H35N5O2. The van der Waals surface area contributed by atoms with Crippen LogP contribution in [0, 0.1) is 20.8 Å². The molecule has 2 aromatic rings. The molecule has 0 atom stereocenters. The first-order valence-corrected chi connectivity index (χ1v) is 10.3. The van der Waals surface area contributed by atoms with Gasteiger partial charge in [-0.1, -0.05) is 12.1 Å². The lowest BCUT2D eigenvalue weighted by molar-refractivity contribution is 0.110. The standard InChI is InChI=1S/C22H35N5O2/c1-7-23-22(25-15-20-17(4)26-27(6)18(20)5)24-14-19-10-9-16(3)13-21(19)29-12-11-28-8-2/h9-10,13H,7-8,11-12,14-15H2,1-6H3,(H2,23,24,25). The van der Waals surface area contributed by atoms with Crippen LogP contribution in [-0.4, -0.2) is 42.1 Å². The van der Waals surface area contributed by atoms with Gasteiger partial charge in [-0.05, 0) is 46.2 Å². The number of aryl methyl sites for hydroxylation is 3. The molecule has 1 heterocycles. The summed E-state index contributed by atoms with van der Waals surface area (Å²) in [5.41, 5.74) is 5.62. The van der Waals surface area contributed by atoms with Gasteiger partial charge in [0.05, 0.1) is 18.8 Å². The van der Waals surface area contributed by atoms with E-state index in [9.17, 15) is 0 Å². The van der Waals surface area contributed by atoms with Gasteiger partial charge in [0.15, 0.2) is 5.96 Å². The molecule has 0 aliphatic carbocycles. The zero-order valence-electron chi connectivity index (χ0n) is 18.6. The van der Waals surface area contributed by atoms with Crippen molar-refractivity contribution < 1.29 is 9.47 Å². The van der Waals surface area contributed by atoms with Crippen LogP contribution in [0.3, 0.4) is 0 Å². The Hall–Kier alpha value is -2.54. The van der Waals surface area contributed by atoms with Crippen LogP contribution in [0.25, 0.3) is 0 Å². The quantitative estimate of drug-likeness (QED) is 0.364. The fourth-order valence-electron chi connectivity index (χ4n) is 3.03. The van der Waals surface area contributed by atoms with E-state index in [4.69, 9.17) is 14.5 Å². The zero-order valence-corrected chi connectivity index (χ0v) is 18.6. The van der Waals surface area contributed by atoms with Gasteiger partial charge in [-0.3, -0.25) is 4.68 Å². The number of hydrogen-bond donors (Lipinski definition) is 2. The summed E-state index contributed by atoms with van der Waals surface area (Å²) in [7, 11) is 1.97. The summed E-state index contributed by atoms with van der Waals surface area (Å²) in [4.78, 5) is 4.76. The Bertz CT molecular complexity index is 814. The molecule has 0 unspecified atom stereocenters. The first kappa shape index (κ1) is 22.7. The summed E-state index contributed by atoms with van der Waals surface area (Å²) in [6.07, 6.45) is 0. The van der Waals surface area contributed by atoms with Crippen molar-refractivity contribution in [3.8, 4) is 5.75 Å². The van der Waals surface area contributed by atoms with E-state index in [1.54, 1.807) is 0 Å². The van der Waals surface area contributed by atoms with E-state index in [0.717, 1.165) is 40.8 Å². The lowest BCUT2D eigenvalue weighted by Crippen LogP contribution is -2.37. The predicted octanol–water partition coefficient (Wildman–Crippen LogP) is 3.02. The van der Waals surface area contributed by atoms with Crippen molar-refractivity contribution in [2.24, 2.45) is 12.0 Å². The number of nitrogens with one attached hydrogen (secondary N) is 2. The monoisotopic (exact) mass is 401 g/mol. The van der Waals surface area contributed by atoms with Crippen molar-refractivity contribution in [3.05, 3.63) is 46.3 Å². The van der Waals surface area contributed by atoms with E-state index in [2.05, 4.69) is 54.7 Å². The molecule has 1 aromatic carbocycles. The van der Waals surface area contributed by atoms with Crippen LogP contribution in [-0.2, 0) is 24.9 Å². The maximum Gasteiger partial charge on any atom is 0.191 e. The number of nitrogens with zero attached hydrogens (tertiary/aromatic N) is 3. The second-order valence-electron chi connectivity index (χ2n) is 6.98. The predicted molar refractivity (Wildman–Crippen MR) is 118 cm³/mol. The Morgan fingerprint density at radius 1 is 1.14 bits per heavy atom. The topological polar surface area (TPSA) is 72.7 Å². The van der Waals surface area contributed by atoms with Gasteiger partial charge in [0.2, 0.25) is 0 Å². The molecule has 2 rings (SSSR count). The molecule has 0 radical (unpaired) electrons. The molecule has 1 aromatic heterocycles. The average Bonchev–Trinajstić information content (AvgIpc) is 2.94. The molecule has 0 saturated heterocycles. The van der Waals surface area contributed by atoms with E-state index >= 15 is 0 Å². The van der Waals surface area contributed by atoms with Gasteiger partial charge >= 0.3 is 0 Å². The normalized spacial score (nSPS) is 11.6. The minimum absolute atomic E-state index is 0.532. The third kappa shape index (κ3) is 6.78. The number of aliphatic imine (C=N–C) groups is 1. The molecule has 0 saturated carbocycles. The summed E-state index contributed by atoms with van der Waals surface area (Å²) < 4.78 is 13.2. The largest absolute Gasteiger partial charge is 0.491 e. The van der Waals surface area contributed by atoms with Crippen molar-refractivity contribution in [1.82, 2.24) is 20.4 Å². The highest BCUT2D eigenvalue weighted by molar-refractivity contribution is 5.79. The van der Waals surface area contributed by atoms with Crippen molar-refractivity contribution >= 4 is 5.96 Å². The maximum absolute atomic E-state index is 5.93. The number of guanidine groups is 1. The van der Waals surface area contributed by atoms with E-state index in [-0.39, 0.29) is 0 Å². The van der Waals surface area contributed by atoms with Gasteiger partial charge < -0.3 is 20.1 Å². The Balaban J connectivity index is 2.07. The fourth-order valence-corrected chi connectivity index (χ4v) is 3.03. The minimum Gasteiger partial charge on any atom is -0.491 e. The first-order chi connectivity index (χ1) is 14.0. The van der Waals surface area contributed by atoms with Gasteiger partial charge in [-0.25, -0.2) is 4.99 Å². The van der Waals surface area contributed by atoms with Crippen LogP contribution >= 0.6 is 0 Å². The third-order valence-electron chi connectivity index (χ3n) is 4.76. The summed E-state index contributed by atoms with van der Waals surface area (Å²) in [5.74, 6) is 1.64. The van der Waals surface area contributed by atoms with E-state index < -0.39 is 0 Å². The zero-order chi connectivity index (χ0) is 21.2. The fraction of sp³-hybridized carbons (Fsp3) is 0.545. The molecule has 0 aliphatic rings.